The van der Waals surface area contributed by atoms with Gasteiger partial charge in [0.1, 0.15) is 5.75 Å². The average Bonchev–Trinajstić information content (AvgIpc) is 3.15. The first kappa shape index (κ1) is 20.3. The topological polar surface area (TPSA) is 81.0 Å². The third-order valence-corrected chi connectivity index (χ3v) is 6.46. The van der Waals surface area contributed by atoms with E-state index in [1.54, 1.807) is 16.9 Å². The molecule has 162 valence electrons. The van der Waals surface area contributed by atoms with Crippen LogP contribution in [0.5, 0.6) is 11.8 Å². The van der Waals surface area contributed by atoms with Crippen LogP contribution in [0.15, 0.2) is 30.5 Å². The molecular formula is C21H23Cl2N7O. The maximum atomic E-state index is 6.14. The number of ether oxygens (including phenoxy) is 1. The van der Waals surface area contributed by atoms with Crippen molar-refractivity contribution in [1.29, 1.82) is 0 Å². The second-order valence-electron chi connectivity index (χ2n) is 8.32. The van der Waals surface area contributed by atoms with Crippen LogP contribution in [0.4, 0.5) is 11.6 Å². The third-order valence-electron chi connectivity index (χ3n) is 6.05. The number of piperidine rings is 1. The minimum Gasteiger partial charge on any atom is -0.424 e. The summed E-state index contributed by atoms with van der Waals surface area (Å²) in [4.78, 5) is 6.92. The van der Waals surface area contributed by atoms with Crippen molar-refractivity contribution in [3.05, 3.63) is 46.2 Å². The monoisotopic (exact) mass is 459 g/mol. The first-order valence-corrected chi connectivity index (χ1v) is 11.1. The zero-order valence-corrected chi connectivity index (χ0v) is 18.8. The summed E-state index contributed by atoms with van der Waals surface area (Å²) >= 11 is 12.2. The maximum Gasteiger partial charge on any atom is 0.321 e. The van der Waals surface area contributed by atoms with E-state index in [2.05, 4.69) is 30.5 Å². The number of anilines is 2. The number of halogens is 2. The van der Waals surface area contributed by atoms with Crippen molar-refractivity contribution in [1.82, 2.24) is 25.0 Å². The summed E-state index contributed by atoms with van der Waals surface area (Å²) in [5.74, 6) is 2.22. The van der Waals surface area contributed by atoms with Crippen LogP contribution in [0.3, 0.4) is 0 Å². The second-order valence-corrected chi connectivity index (χ2v) is 9.14. The van der Waals surface area contributed by atoms with E-state index in [1.807, 2.05) is 32.2 Å². The molecule has 1 saturated carbocycles. The van der Waals surface area contributed by atoms with E-state index in [0.29, 0.717) is 45.8 Å². The zero-order chi connectivity index (χ0) is 21.5. The van der Waals surface area contributed by atoms with E-state index in [0.717, 1.165) is 24.3 Å². The Morgan fingerprint density at radius 1 is 1.10 bits per heavy atom. The molecule has 10 heteroatoms. The normalized spacial score (nSPS) is 22.6. The highest BCUT2D eigenvalue weighted by Gasteiger charge is 2.42. The van der Waals surface area contributed by atoms with Crippen molar-refractivity contribution >= 4 is 34.8 Å². The van der Waals surface area contributed by atoms with Crippen LogP contribution in [0.25, 0.3) is 0 Å². The van der Waals surface area contributed by atoms with Gasteiger partial charge in [0.05, 0.1) is 11.9 Å². The molecule has 0 radical (unpaired) electrons. The Labute approximate surface area is 190 Å². The predicted molar refractivity (Wildman–Crippen MR) is 120 cm³/mol. The molecule has 1 saturated heterocycles. The van der Waals surface area contributed by atoms with Crippen molar-refractivity contribution in [2.75, 3.05) is 23.3 Å². The van der Waals surface area contributed by atoms with Gasteiger partial charge in [0.25, 0.3) is 0 Å². The Morgan fingerprint density at radius 2 is 1.87 bits per heavy atom. The molecule has 2 aliphatic rings. The van der Waals surface area contributed by atoms with Crippen LogP contribution >= 0.6 is 23.2 Å². The molecule has 3 heterocycles. The largest absolute Gasteiger partial charge is 0.424 e. The van der Waals surface area contributed by atoms with E-state index in [9.17, 15) is 0 Å². The highest BCUT2D eigenvalue weighted by atomic mass is 35.5. The lowest BCUT2D eigenvalue weighted by atomic mass is 9.92. The first-order valence-electron chi connectivity index (χ1n) is 10.3. The quantitative estimate of drug-likeness (QED) is 0.607. The summed E-state index contributed by atoms with van der Waals surface area (Å²) < 4.78 is 7.57. The molecule has 1 N–H and O–H groups in total. The van der Waals surface area contributed by atoms with Gasteiger partial charge in [-0.3, -0.25) is 0 Å². The highest BCUT2D eigenvalue weighted by Crippen LogP contribution is 2.40. The number of benzene rings is 1. The Bertz CT molecular complexity index is 1070. The average molecular weight is 460 g/mol. The molecule has 31 heavy (non-hydrogen) atoms. The van der Waals surface area contributed by atoms with Crippen LogP contribution in [0.1, 0.15) is 18.4 Å². The van der Waals surface area contributed by atoms with Gasteiger partial charge in [-0.1, -0.05) is 23.2 Å². The summed E-state index contributed by atoms with van der Waals surface area (Å²) in [5, 5.41) is 17.0. The van der Waals surface area contributed by atoms with Gasteiger partial charge in [0.2, 0.25) is 5.95 Å². The number of rotatable bonds is 5. The summed E-state index contributed by atoms with van der Waals surface area (Å²) in [7, 11) is 1.82. The second kappa shape index (κ2) is 8.16. The molecule has 2 fully saturated rings. The molecule has 1 aliphatic carbocycles. The summed E-state index contributed by atoms with van der Waals surface area (Å²) in [5.41, 5.74) is 2.05. The number of hydrogen-bond acceptors (Lipinski definition) is 7. The van der Waals surface area contributed by atoms with Crippen LogP contribution in [0, 0.1) is 18.8 Å². The molecule has 2 bridgehead atoms. The fourth-order valence-corrected chi connectivity index (χ4v) is 5.14. The molecule has 8 nitrogen and oxygen atoms in total. The fourth-order valence-electron chi connectivity index (χ4n) is 4.71. The standard InChI is InChI=1S/C21H23Cl2N7O/c1-12-5-15(22)7-17(6-12)31-21-26-20(28-29(21)2)25-19-13-3-4-14(19)11-30(10-13)16-8-18(23)27-24-9-16/h5-9,13-14,19H,3-4,10-11H2,1-2H3,(H,25,28). The molecule has 0 spiro atoms. The minimum absolute atomic E-state index is 0.324. The lowest BCUT2D eigenvalue weighted by molar-refractivity contribution is 0.376. The number of aromatic nitrogens is 5. The van der Waals surface area contributed by atoms with Crippen molar-refractivity contribution in [3.8, 4) is 11.8 Å². The minimum atomic E-state index is 0.324. The Morgan fingerprint density at radius 3 is 2.58 bits per heavy atom. The maximum absolute atomic E-state index is 6.14. The molecule has 5 rings (SSSR count). The van der Waals surface area contributed by atoms with Crippen molar-refractivity contribution < 1.29 is 4.74 Å². The first-order chi connectivity index (χ1) is 14.9. The zero-order valence-electron chi connectivity index (χ0n) is 17.3. The predicted octanol–water partition coefficient (Wildman–Crippen LogP) is 4.34. The van der Waals surface area contributed by atoms with E-state index >= 15 is 0 Å². The molecule has 2 aromatic heterocycles. The van der Waals surface area contributed by atoms with Gasteiger partial charge in [-0.15, -0.1) is 10.2 Å². The molecular weight excluding hydrogens is 437 g/mol. The number of aryl methyl sites for hydroxylation is 2. The van der Waals surface area contributed by atoms with E-state index in [-0.39, 0.29) is 0 Å². The number of nitrogens with one attached hydrogen (secondary N) is 1. The van der Waals surface area contributed by atoms with Gasteiger partial charge >= 0.3 is 6.01 Å². The molecule has 3 aromatic rings. The summed E-state index contributed by atoms with van der Waals surface area (Å²) in [6, 6.07) is 8.20. The molecule has 2 unspecified atom stereocenters. The molecule has 2 atom stereocenters. The van der Waals surface area contributed by atoms with E-state index in [1.165, 1.54) is 12.8 Å². The van der Waals surface area contributed by atoms with E-state index in [4.69, 9.17) is 27.9 Å². The smallest absolute Gasteiger partial charge is 0.321 e. The Kier molecular flexibility index (Phi) is 5.35. The van der Waals surface area contributed by atoms with Crippen LogP contribution < -0.4 is 15.0 Å². The van der Waals surface area contributed by atoms with Gasteiger partial charge in [-0.05, 0) is 55.4 Å². The Balaban J connectivity index is 1.28. The van der Waals surface area contributed by atoms with Crippen molar-refractivity contribution in [2.24, 2.45) is 18.9 Å². The van der Waals surface area contributed by atoms with Crippen molar-refractivity contribution in [2.45, 2.75) is 25.8 Å². The van der Waals surface area contributed by atoms with E-state index < -0.39 is 0 Å². The van der Waals surface area contributed by atoms with Gasteiger partial charge in [0.15, 0.2) is 5.15 Å². The summed E-state index contributed by atoms with van der Waals surface area (Å²) in [6.07, 6.45) is 4.12. The van der Waals surface area contributed by atoms with Gasteiger partial charge in [-0.25, -0.2) is 4.68 Å². The fraction of sp³-hybridized carbons (Fsp3) is 0.429. The Hall–Kier alpha value is -2.58. The number of hydrogen-bond donors (Lipinski definition) is 1. The number of fused-ring (bicyclic) bond motifs is 2. The van der Waals surface area contributed by atoms with Gasteiger partial charge in [-0.2, -0.15) is 10.1 Å². The molecule has 0 amide bonds. The van der Waals surface area contributed by atoms with Gasteiger partial charge in [0, 0.05) is 37.3 Å². The van der Waals surface area contributed by atoms with Crippen LogP contribution in [-0.4, -0.2) is 44.1 Å². The lowest BCUT2D eigenvalue weighted by Gasteiger charge is -2.39. The highest BCUT2D eigenvalue weighted by molar-refractivity contribution is 6.30. The summed E-state index contributed by atoms with van der Waals surface area (Å²) in [6.45, 7) is 3.85. The van der Waals surface area contributed by atoms with Crippen LogP contribution in [-0.2, 0) is 7.05 Å². The molecule has 1 aliphatic heterocycles. The van der Waals surface area contributed by atoms with Crippen LogP contribution in [0.2, 0.25) is 10.2 Å². The molecule has 1 aromatic carbocycles. The lowest BCUT2D eigenvalue weighted by Crippen LogP contribution is -2.48. The number of nitrogens with zero attached hydrogens (tertiary/aromatic N) is 6. The third kappa shape index (κ3) is 4.27. The van der Waals surface area contributed by atoms with Crippen molar-refractivity contribution in [3.63, 3.8) is 0 Å². The van der Waals surface area contributed by atoms with Gasteiger partial charge < -0.3 is 15.0 Å². The SMILES string of the molecule is Cc1cc(Cl)cc(Oc2nc(NC3C4CCC3CN(c3cnnc(Cl)c3)C4)nn2C)c1.